The molecular weight excluding hydrogens is 397 g/mol. The van der Waals surface area contributed by atoms with E-state index >= 15 is 0 Å². The molecule has 1 aliphatic rings. The normalized spacial score (nSPS) is 15.6. The molecule has 2 aromatic carbocycles. The minimum Gasteiger partial charge on any atom is -0.481 e. The summed E-state index contributed by atoms with van der Waals surface area (Å²) in [5, 5.41) is 3.29. The predicted molar refractivity (Wildman–Crippen MR) is 110 cm³/mol. The van der Waals surface area contributed by atoms with E-state index in [1.807, 2.05) is 4.90 Å². The number of halogens is 2. The van der Waals surface area contributed by atoms with Gasteiger partial charge in [-0.2, -0.15) is 0 Å². The number of nitrogens with one attached hydrogen (secondary N) is 1. The summed E-state index contributed by atoms with van der Waals surface area (Å²) in [4.78, 5) is 28.5. The van der Waals surface area contributed by atoms with Gasteiger partial charge in [0.1, 0.15) is 11.6 Å². The third-order valence-electron chi connectivity index (χ3n) is 4.63. The number of hydrogen-bond donors (Lipinski definition) is 1. The van der Waals surface area contributed by atoms with Crippen LogP contribution in [0.25, 0.3) is 0 Å². The van der Waals surface area contributed by atoms with Crippen LogP contribution in [0, 0.1) is 5.82 Å². The van der Waals surface area contributed by atoms with Crippen molar-refractivity contribution in [2.75, 3.05) is 38.0 Å². The minimum atomic E-state index is -0.612. The number of carbonyl (C=O) groups excluding carboxylic acids is 2. The van der Waals surface area contributed by atoms with E-state index in [1.54, 1.807) is 48.2 Å². The van der Waals surface area contributed by atoms with E-state index in [-0.39, 0.29) is 18.4 Å². The third-order valence-corrected chi connectivity index (χ3v) is 4.89. The molecule has 1 unspecified atom stereocenters. The van der Waals surface area contributed by atoms with E-state index < -0.39 is 11.9 Å². The Bertz CT molecular complexity index is 855. The maximum atomic E-state index is 13.2. The maximum absolute atomic E-state index is 13.2. The smallest absolute Gasteiger partial charge is 0.263 e. The third kappa shape index (κ3) is 6.17. The van der Waals surface area contributed by atoms with Crippen LogP contribution in [0.2, 0.25) is 5.02 Å². The molecule has 0 saturated carbocycles. The van der Waals surface area contributed by atoms with Gasteiger partial charge >= 0.3 is 0 Å². The molecule has 1 saturated heterocycles. The summed E-state index contributed by atoms with van der Waals surface area (Å²) in [5.41, 5.74) is 0.428. The standard InChI is InChI=1S/C21H23ClFN3O3/c1-15(29-19-7-5-16(22)6-8-19)21(28)26-11-9-25(10-12-26)14-20(27)24-18-4-2-3-17(23)13-18/h2-8,13,15H,9-12,14H2,1H3,(H,24,27). The molecule has 1 N–H and O–H groups in total. The van der Waals surface area contributed by atoms with Crippen molar-refractivity contribution < 1.29 is 18.7 Å². The fraction of sp³-hybridized carbons (Fsp3) is 0.333. The fourth-order valence-electron chi connectivity index (χ4n) is 3.12. The van der Waals surface area contributed by atoms with Crippen molar-refractivity contribution >= 4 is 29.1 Å². The second-order valence-electron chi connectivity index (χ2n) is 6.87. The molecule has 1 atom stereocenters. The highest BCUT2D eigenvalue weighted by Gasteiger charge is 2.26. The summed E-state index contributed by atoms with van der Waals surface area (Å²) < 4.78 is 18.9. The number of hydrogen-bond acceptors (Lipinski definition) is 4. The molecule has 1 heterocycles. The van der Waals surface area contributed by atoms with Gasteiger partial charge in [0.05, 0.1) is 6.54 Å². The number of nitrogens with zero attached hydrogens (tertiary/aromatic N) is 2. The molecule has 0 aliphatic carbocycles. The Morgan fingerprint density at radius 2 is 1.83 bits per heavy atom. The highest BCUT2D eigenvalue weighted by molar-refractivity contribution is 6.30. The molecule has 3 rings (SSSR count). The summed E-state index contributed by atoms with van der Waals surface area (Å²) >= 11 is 5.85. The molecule has 0 aromatic heterocycles. The average Bonchev–Trinajstić information content (AvgIpc) is 2.69. The van der Waals surface area contributed by atoms with Gasteiger partial charge in [0.15, 0.2) is 6.10 Å². The van der Waals surface area contributed by atoms with Crippen LogP contribution in [-0.2, 0) is 9.59 Å². The molecule has 0 spiro atoms. The predicted octanol–water partition coefficient (Wildman–Crippen LogP) is 3.03. The first-order valence-electron chi connectivity index (χ1n) is 9.39. The van der Waals surface area contributed by atoms with Crippen molar-refractivity contribution in [3.63, 3.8) is 0 Å². The van der Waals surface area contributed by atoms with Gasteiger partial charge in [-0.25, -0.2) is 4.39 Å². The van der Waals surface area contributed by atoms with Crippen LogP contribution in [0.5, 0.6) is 5.75 Å². The van der Waals surface area contributed by atoms with Crippen molar-refractivity contribution in [1.82, 2.24) is 9.80 Å². The summed E-state index contributed by atoms with van der Waals surface area (Å²) in [6, 6.07) is 12.6. The molecular formula is C21H23ClFN3O3. The molecule has 2 aromatic rings. The second-order valence-corrected chi connectivity index (χ2v) is 7.31. The molecule has 0 radical (unpaired) electrons. The molecule has 1 fully saturated rings. The Morgan fingerprint density at radius 1 is 1.14 bits per heavy atom. The highest BCUT2D eigenvalue weighted by atomic mass is 35.5. The fourth-order valence-corrected chi connectivity index (χ4v) is 3.25. The molecule has 154 valence electrons. The Morgan fingerprint density at radius 3 is 2.48 bits per heavy atom. The zero-order valence-electron chi connectivity index (χ0n) is 16.1. The summed E-state index contributed by atoms with van der Waals surface area (Å²) in [6.07, 6.45) is -0.612. The van der Waals surface area contributed by atoms with Crippen LogP contribution in [0.4, 0.5) is 10.1 Å². The first-order valence-corrected chi connectivity index (χ1v) is 9.77. The largest absolute Gasteiger partial charge is 0.481 e. The van der Waals surface area contributed by atoms with Crippen molar-refractivity contribution in [2.45, 2.75) is 13.0 Å². The van der Waals surface area contributed by atoms with Crippen molar-refractivity contribution in [2.24, 2.45) is 0 Å². The van der Waals surface area contributed by atoms with Crippen LogP contribution < -0.4 is 10.1 Å². The lowest BCUT2D eigenvalue weighted by molar-refractivity contribution is -0.139. The van der Waals surface area contributed by atoms with Gasteiger partial charge in [-0.1, -0.05) is 17.7 Å². The van der Waals surface area contributed by atoms with Gasteiger partial charge in [-0.05, 0) is 49.4 Å². The maximum Gasteiger partial charge on any atom is 0.263 e. The molecule has 6 nitrogen and oxygen atoms in total. The van der Waals surface area contributed by atoms with Crippen LogP contribution in [0.15, 0.2) is 48.5 Å². The number of anilines is 1. The number of rotatable bonds is 6. The quantitative estimate of drug-likeness (QED) is 0.781. The van der Waals surface area contributed by atoms with E-state index in [4.69, 9.17) is 16.3 Å². The summed E-state index contributed by atoms with van der Waals surface area (Å²) in [6.45, 7) is 4.10. The molecule has 2 amide bonds. The SMILES string of the molecule is CC(Oc1ccc(Cl)cc1)C(=O)N1CCN(CC(=O)Nc2cccc(F)c2)CC1. The molecule has 0 bridgehead atoms. The van der Waals surface area contributed by atoms with Gasteiger partial charge in [0.2, 0.25) is 5.91 Å². The number of benzene rings is 2. The lowest BCUT2D eigenvalue weighted by Crippen LogP contribution is -2.53. The topological polar surface area (TPSA) is 61.9 Å². The van der Waals surface area contributed by atoms with Crippen molar-refractivity contribution in [3.8, 4) is 5.75 Å². The number of carbonyl (C=O) groups is 2. The second kappa shape index (κ2) is 9.71. The molecule has 29 heavy (non-hydrogen) atoms. The van der Waals surface area contributed by atoms with E-state index in [0.717, 1.165) is 0 Å². The molecule has 1 aliphatic heterocycles. The van der Waals surface area contributed by atoms with Crippen LogP contribution in [-0.4, -0.2) is 60.4 Å². The van der Waals surface area contributed by atoms with E-state index in [0.29, 0.717) is 42.6 Å². The zero-order valence-corrected chi connectivity index (χ0v) is 16.9. The lowest BCUT2D eigenvalue weighted by atomic mass is 10.2. The Hall–Kier alpha value is -2.64. The Labute approximate surface area is 174 Å². The van der Waals surface area contributed by atoms with Crippen molar-refractivity contribution in [3.05, 3.63) is 59.4 Å². The van der Waals surface area contributed by atoms with Gasteiger partial charge in [-0.15, -0.1) is 0 Å². The number of piperazine rings is 1. The monoisotopic (exact) mass is 419 g/mol. The van der Waals surface area contributed by atoms with E-state index in [2.05, 4.69) is 5.32 Å². The van der Waals surface area contributed by atoms with E-state index in [9.17, 15) is 14.0 Å². The molecule has 8 heteroatoms. The minimum absolute atomic E-state index is 0.0937. The Balaban J connectivity index is 1.43. The van der Waals surface area contributed by atoms with Gasteiger partial charge < -0.3 is 15.0 Å². The highest BCUT2D eigenvalue weighted by Crippen LogP contribution is 2.18. The lowest BCUT2D eigenvalue weighted by Gasteiger charge is -2.35. The number of amides is 2. The summed E-state index contributed by atoms with van der Waals surface area (Å²) in [7, 11) is 0. The van der Waals surface area contributed by atoms with Gasteiger partial charge in [-0.3, -0.25) is 14.5 Å². The Kier molecular flexibility index (Phi) is 7.06. The first kappa shape index (κ1) is 21.1. The van der Waals surface area contributed by atoms with Crippen LogP contribution >= 0.6 is 11.6 Å². The average molecular weight is 420 g/mol. The van der Waals surface area contributed by atoms with Gasteiger partial charge in [0, 0.05) is 36.9 Å². The van der Waals surface area contributed by atoms with Gasteiger partial charge in [0.25, 0.3) is 5.91 Å². The zero-order chi connectivity index (χ0) is 20.8. The summed E-state index contributed by atoms with van der Waals surface area (Å²) in [5.74, 6) is -0.119. The first-order chi connectivity index (χ1) is 13.9. The van der Waals surface area contributed by atoms with Crippen molar-refractivity contribution in [1.29, 1.82) is 0 Å². The number of ether oxygens (including phenoxy) is 1. The van der Waals surface area contributed by atoms with Crippen LogP contribution in [0.1, 0.15) is 6.92 Å². The van der Waals surface area contributed by atoms with E-state index in [1.165, 1.54) is 12.1 Å². The van der Waals surface area contributed by atoms with Crippen LogP contribution in [0.3, 0.4) is 0 Å².